The summed E-state index contributed by atoms with van der Waals surface area (Å²) in [5.74, 6) is 0.611. The Labute approximate surface area is 127 Å². The minimum atomic E-state index is -3.02. The second-order valence-electron chi connectivity index (χ2n) is 5.79. The van der Waals surface area contributed by atoms with E-state index in [1.807, 2.05) is 12.1 Å². The molecule has 2 unspecified atom stereocenters. The number of para-hydroxylation sites is 1. The normalized spacial score (nSPS) is 25.8. The number of fused-ring (bicyclic) bond motifs is 3. The Hall–Kier alpha value is -2.02. The number of amides is 1. The molecule has 2 fully saturated rings. The summed E-state index contributed by atoms with van der Waals surface area (Å²) in [5, 5.41) is 0.375. The van der Waals surface area contributed by atoms with E-state index in [-0.39, 0.29) is 30.0 Å². The average Bonchev–Trinajstić information content (AvgIpc) is 3.15. The van der Waals surface area contributed by atoms with E-state index in [9.17, 15) is 13.2 Å². The van der Waals surface area contributed by atoms with Crippen molar-refractivity contribution in [3.05, 3.63) is 30.0 Å². The Morgan fingerprint density at radius 1 is 1.41 bits per heavy atom. The molecular formula is C15H15NO5S. The van der Waals surface area contributed by atoms with E-state index in [4.69, 9.17) is 9.15 Å². The Kier molecular flexibility index (Phi) is 2.78. The Morgan fingerprint density at radius 2 is 2.23 bits per heavy atom. The molecule has 0 spiro atoms. The largest absolute Gasteiger partial charge is 0.493 e. The maximum absolute atomic E-state index is 12.6. The van der Waals surface area contributed by atoms with Crippen molar-refractivity contribution in [2.45, 2.75) is 17.7 Å². The molecule has 2 saturated heterocycles. The van der Waals surface area contributed by atoms with E-state index in [0.29, 0.717) is 17.8 Å². The third-order valence-electron chi connectivity index (χ3n) is 4.51. The summed E-state index contributed by atoms with van der Waals surface area (Å²) >= 11 is 0. The number of carbonyl (C=O) groups is 1. The number of benzene rings is 1. The third-order valence-corrected chi connectivity index (χ3v) is 6.71. The van der Waals surface area contributed by atoms with Gasteiger partial charge in [0.05, 0.1) is 18.1 Å². The molecule has 2 bridgehead atoms. The van der Waals surface area contributed by atoms with Gasteiger partial charge in [-0.15, -0.1) is 0 Å². The number of hydrogen-bond donors (Lipinski definition) is 0. The van der Waals surface area contributed by atoms with Crippen LogP contribution in [-0.2, 0) is 9.84 Å². The number of furan rings is 1. The van der Waals surface area contributed by atoms with Crippen LogP contribution in [0, 0.1) is 0 Å². The maximum atomic E-state index is 12.6. The van der Waals surface area contributed by atoms with Gasteiger partial charge in [-0.3, -0.25) is 4.79 Å². The van der Waals surface area contributed by atoms with Gasteiger partial charge in [0.2, 0.25) is 0 Å². The van der Waals surface area contributed by atoms with Crippen LogP contribution in [0.5, 0.6) is 5.75 Å². The van der Waals surface area contributed by atoms with Gasteiger partial charge in [0, 0.05) is 18.0 Å². The molecule has 1 aromatic carbocycles. The molecule has 7 heteroatoms. The highest BCUT2D eigenvalue weighted by Gasteiger charge is 2.50. The molecule has 2 atom stereocenters. The lowest BCUT2D eigenvalue weighted by molar-refractivity contribution is 0.0716. The fourth-order valence-electron chi connectivity index (χ4n) is 3.39. The number of rotatable bonds is 2. The first-order valence-electron chi connectivity index (χ1n) is 7.08. The van der Waals surface area contributed by atoms with Gasteiger partial charge in [0.15, 0.2) is 26.9 Å². The summed E-state index contributed by atoms with van der Waals surface area (Å²) in [5.41, 5.74) is 0.533. The van der Waals surface area contributed by atoms with Gasteiger partial charge >= 0.3 is 0 Å². The number of methoxy groups -OCH3 is 1. The van der Waals surface area contributed by atoms with Crippen molar-refractivity contribution in [2.24, 2.45) is 0 Å². The highest BCUT2D eigenvalue weighted by molar-refractivity contribution is 7.92. The predicted octanol–water partition coefficient (Wildman–Crippen LogP) is 1.45. The van der Waals surface area contributed by atoms with Crippen molar-refractivity contribution < 1.29 is 22.4 Å². The second-order valence-corrected chi connectivity index (χ2v) is 8.11. The monoisotopic (exact) mass is 321 g/mol. The molecule has 22 heavy (non-hydrogen) atoms. The summed E-state index contributed by atoms with van der Waals surface area (Å²) < 4.78 is 34.4. The predicted molar refractivity (Wildman–Crippen MR) is 79.8 cm³/mol. The highest BCUT2D eigenvalue weighted by atomic mass is 32.2. The second kappa shape index (κ2) is 4.49. The van der Waals surface area contributed by atoms with Crippen LogP contribution in [-0.4, -0.2) is 49.9 Å². The standard InChI is InChI=1S/C15H15NO5S/c1-20-12-4-2-3-9-5-13(21-14(9)12)15(17)16-7-11-6-10(16)8-22(11,18)19/h2-5,10-11H,6-8H2,1H3. The van der Waals surface area contributed by atoms with Crippen molar-refractivity contribution >= 4 is 26.7 Å². The van der Waals surface area contributed by atoms with Crippen LogP contribution in [0.3, 0.4) is 0 Å². The van der Waals surface area contributed by atoms with Crippen LogP contribution in [0.4, 0.5) is 0 Å². The smallest absolute Gasteiger partial charge is 0.289 e. The molecule has 1 aromatic heterocycles. The summed E-state index contributed by atoms with van der Waals surface area (Å²) in [6.07, 6.45) is 0.539. The van der Waals surface area contributed by atoms with E-state index in [1.54, 1.807) is 24.1 Å². The fourth-order valence-corrected chi connectivity index (χ4v) is 5.42. The number of ether oxygens (including phenoxy) is 1. The van der Waals surface area contributed by atoms with Crippen LogP contribution in [0.1, 0.15) is 17.0 Å². The van der Waals surface area contributed by atoms with Crippen LogP contribution in [0.25, 0.3) is 11.0 Å². The number of hydrogen-bond acceptors (Lipinski definition) is 5. The topological polar surface area (TPSA) is 76.8 Å². The molecule has 0 saturated carbocycles. The van der Waals surface area contributed by atoms with Crippen molar-refractivity contribution in [3.8, 4) is 5.75 Å². The van der Waals surface area contributed by atoms with Gasteiger partial charge < -0.3 is 14.1 Å². The maximum Gasteiger partial charge on any atom is 0.289 e. The zero-order valence-corrected chi connectivity index (χ0v) is 12.8. The van der Waals surface area contributed by atoms with Crippen molar-refractivity contribution in [1.29, 1.82) is 0 Å². The van der Waals surface area contributed by atoms with Gasteiger partial charge in [-0.05, 0) is 18.6 Å². The minimum absolute atomic E-state index is 0.0625. The van der Waals surface area contributed by atoms with Crippen LogP contribution < -0.4 is 4.74 Å². The van der Waals surface area contributed by atoms with Gasteiger partial charge in [-0.25, -0.2) is 8.42 Å². The third kappa shape index (κ3) is 1.85. The SMILES string of the molecule is COc1cccc2cc(C(=O)N3CC4CC3CS4(=O)=O)oc12. The van der Waals surface area contributed by atoms with E-state index in [0.717, 1.165) is 5.39 Å². The van der Waals surface area contributed by atoms with Gasteiger partial charge in [0.1, 0.15) is 0 Å². The first-order valence-corrected chi connectivity index (χ1v) is 8.80. The molecule has 0 aliphatic carbocycles. The molecule has 2 aromatic rings. The minimum Gasteiger partial charge on any atom is -0.493 e. The zero-order valence-electron chi connectivity index (χ0n) is 12.0. The highest BCUT2D eigenvalue weighted by Crippen LogP contribution is 2.35. The average molecular weight is 321 g/mol. The lowest BCUT2D eigenvalue weighted by Crippen LogP contribution is -2.43. The molecule has 0 N–H and O–H groups in total. The molecule has 2 aliphatic heterocycles. The van der Waals surface area contributed by atoms with E-state index >= 15 is 0 Å². The van der Waals surface area contributed by atoms with Gasteiger partial charge in [-0.2, -0.15) is 0 Å². The van der Waals surface area contributed by atoms with Crippen LogP contribution >= 0.6 is 0 Å². The number of sulfone groups is 1. The molecule has 1 amide bonds. The van der Waals surface area contributed by atoms with E-state index < -0.39 is 15.1 Å². The molecule has 116 valence electrons. The van der Waals surface area contributed by atoms with Crippen LogP contribution in [0.15, 0.2) is 28.7 Å². The first kappa shape index (κ1) is 13.6. The molecule has 0 radical (unpaired) electrons. The van der Waals surface area contributed by atoms with Crippen molar-refractivity contribution in [3.63, 3.8) is 0 Å². The Bertz CT molecular complexity index is 869. The fraction of sp³-hybridized carbons (Fsp3) is 0.400. The quantitative estimate of drug-likeness (QED) is 0.837. The first-order chi connectivity index (χ1) is 10.5. The van der Waals surface area contributed by atoms with Crippen LogP contribution in [0.2, 0.25) is 0 Å². The molecular weight excluding hydrogens is 306 g/mol. The lowest BCUT2D eigenvalue weighted by atomic mass is 10.2. The van der Waals surface area contributed by atoms with Crippen molar-refractivity contribution in [1.82, 2.24) is 4.90 Å². The lowest BCUT2D eigenvalue weighted by Gasteiger charge is -2.25. The molecule has 2 aliphatic rings. The van der Waals surface area contributed by atoms with Crippen molar-refractivity contribution in [2.75, 3.05) is 19.4 Å². The zero-order chi connectivity index (χ0) is 15.5. The van der Waals surface area contributed by atoms with Gasteiger partial charge in [0.25, 0.3) is 5.91 Å². The number of nitrogens with zero attached hydrogens (tertiary/aromatic N) is 1. The molecule has 4 rings (SSSR count). The summed E-state index contributed by atoms with van der Waals surface area (Å²) in [7, 11) is -1.47. The Morgan fingerprint density at radius 3 is 2.86 bits per heavy atom. The summed E-state index contributed by atoms with van der Waals surface area (Å²) in [4.78, 5) is 14.2. The van der Waals surface area contributed by atoms with E-state index in [2.05, 4.69) is 0 Å². The number of likely N-dealkylation sites (tertiary alicyclic amines) is 1. The summed E-state index contributed by atoms with van der Waals surface area (Å²) in [6, 6.07) is 6.90. The molecule has 3 heterocycles. The summed E-state index contributed by atoms with van der Waals surface area (Å²) in [6.45, 7) is 0.264. The van der Waals surface area contributed by atoms with E-state index in [1.165, 1.54) is 0 Å². The molecule has 6 nitrogen and oxygen atoms in total. The number of carbonyl (C=O) groups excluding carboxylic acids is 1. The van der Waals surface area contributed by atoms with Gasteiger partial charge in [-0.1, -0.05) is 12.1 Å². The Balaban J connectivity index is 1.67.